The minimum absolute atomic E-state index is 0.0180. The lowest BCUT2D eigenvalue weighted by atomic mass is 10.1. The lowest BCUT2D eigenvalue weighted by molar-refractivity contribution is -0.161. The van der Waals surface area contributed by atoms with Gasteiger partial charge in [-0.2, -0.15) is 0 Å². The highest BCUT2D eigenvalue weighted by atomic mass is 31.2. The van der Waals surface area contributed by atoms with E-state index in [1.165, 1.54) is 44.9 Å². The fraction of sp³-hybridized carbons (Fsp3) is 0.582. The first-order valence-corrected chi connectivity index (χ1v) is 44.3. The van der Waals surface area contributed by atoms with Crippen molar-refractivity contribution in [3.63, 3.8) is 0 Å². The third kappa shape index (κ3) is 79.7. The van der Waals surface area contributed by atoms with Gasteiger partial charge < -0.3 is 33.8 Å². The maximum absolute atomic E-state index is 13.1. The van der Waals surface area contributed by atoms with Crippen LogP contribution in [0, 0.1) is 0 Å². The monoisotopic (exact) mass is 1570 g/mol. The fourth-order valence-electron chi connectivity index (χ4n) is 10.0. The van der Waals surface area contributed by atoms with Crippen molar-refractivity contribution in [3.8, 4) is 0 Å². The molecule has 0 aliphatic rings. The standard InChI is InChI=1S/C91H144O17P2/c1-5-9-13-17-21-25-29-33-36-39-42-45-48-52-55-59-63-67-71-75-88(93)101-81-86(107-90(95)77-73-69-65-61-57-51-32-28-24-20-16-12-8-4)83-105-109(97,98)103-79-85(92)80-104-110(99,100)106-84-87(108-91(96)78-74-70-66-62-58-54-50-47-44-41-38-35-31-27-23-19-15-11-7-3)82-102-89(94)76-72-68-64-60-56-53-49-46-43-40-37-34-30-26-22-18-14-10-6-2/h10-11,14-15,21-23,25-28,32-38,42-47,52-56,58,63-64,67-68,85-87,92H,5-9,12-13,16-20,24,29-31,39-41,48-51,57,59-62,65-66,69-84H2,1-4H3,(H,97,98)(H,99,100)/b14-10-,15-11-,25-21-,26-22-,27-23-,32-28-,36-33-,37-34-,38-35-,45-42-,46-43-,47-44-,55-52-,56-53-,58-54-,67-63-,68-64-/t85-,86+,87+/m0/s1. The Kier molecular flexibility index (Phi) is 76.0. The Hall–Kier alpha value is -6.36. The summed E-state index contributed by atoms with van der Waals surface area (Å²) in [6.07, 6.45) is 101. The Bertz CT molecular complexity index is 2900. The van der Waals surface area contributed by atoms with E-state index < -0.39 is 97.5 Å². The summed E-state index contributed by atoms with van der Waals surface area (Å²) in [6.45, 7) is 4.36. The van der Waals surface area contributed by atoms with Crippen molar-refractivity contribution < 1.29 is 80.2 Å². The first kappa shape index (κ1) is 104. The van der Waals surface area contributed by atoms with E-state index in [0.717, 1.165) is 148 Å². The average Bonchev–Trinajstić information content (AvgIpc) is 0.900. The quantitative estimate of drug-likeness (QED) is 0.0169. The highest BCUT2D eigenvalue weighted by molar-refractivity contribution is 7.47. The van der Waals surface area contributed by atoms with Crippen LogP contribution in [0.4, 0.5) is 0 Å². The van der Waals surface area contributed by atoms with E-state index in [9.17, 15) is 43.2 Å². The molecule has 0 aliphatic heterocycles. The number of carbonyl (C=O) groups is 4. The van der Waals surface area contributed by atoms with Gasteiger partial charge in [0.25, 0.3) is 0 Å². The number of hydrogen-bond acceptors (Lipinski definition) is 15. The molecular formula is C91H144O17P2. The van der Waals surface area contributed by atoms with E-state index in [1.54, 1.807) is 0 Å². The van der Waals surface area contributed by atoms with Crippen LogP contribution in [0.25, 0.3) is 0 Å². The van der Waals surface area contributed by atoms with Crippen LogP contribution in [0.1, 0.15) is 285 Å². The average molecular weight is 1570 g/mol. The van der Waals surface area contributed by atoms with Crippen LogP contribution >= 0.6 is 15.6 Å². The molecule has 0 aliphatic carbocycles. The van der Waals surface area contributed by atoms with E-state index in [1.807, 2.05) is 36.5 Å². The van der Waals surface area contributed by atoms with Crippen LogP contribution in [0.15, 0.2) is 207 Å². The molecule has 0 spiro atoms. The normalized spacial score (nSPS) is 14.9. The van der Waals surface area contributed by atoms with Gasteiger partial charge in [-0.1, -0.05) is 292 Å². The summed E-state index contributed by atoms with van der Waals surface area (Å²) in [4.78, 5) is 73.1. The van der Waals surface area contributed by atoms with Crippen LogP contribution in [-0.2, 0) is 65.4 Å². The molecule has 0 rings (SSSR count). The second-order valence-corrected chi connectivity index (χ2v) is 29.5. The van der Waals surface area contributed by atoms with Gasteiger partial charge in [0.15, 0.2) is 12.2 Å². The number of carbonyl (C=O) groups excluding carboxylic acids is 4. The highest BCUT2D eigenvalue weighted by Crippen LogP contribution is 2.45. The molecule has 0 bridgehead atoms. The summed E-state index contributed by atoms with van der Waals surface area (Å²) < 4.78 is 68.5. The summed E-state index contributed by atoms with van der Waals surface area (Å²) in [5.74, 6) is -2.44. The molecule has 0 amide bonds. The van der Waals surface area contributed by atoms with Crippen molar-refractivity contribution in [2.45, 2.75) is 303 Å². The first-order valence-electron chi connectivity index (χ1n) is 41.3. The van der Waals surface area contributed by atoms with E-state index >= 15 is 0 Å². The molecule has 17 nitrogen and oxygen atoms in total. The minimum atomic E-state index is -5.02. The van der Waals surface area contributed by atoms with Gasteiger partial charge in [0.2, 0.25) is 0 Å². The Morgan fingerprint density at radius 1 is 0.264 bits per heavy atom. The number of aliphatic hydroxyl groups is 1. The molecular weight excluding hydrogens is 1430 g/mol. The third-order valence-electron chi connectivity index (χ3n) is 16.2. The molecule has 0 aromatic carbocycles. The second-order valence-electron chi connectivity index (χ2n) is 26.6. The number of rotatable bonds is 75. The van der Waals surface area contributed by atoms with Gasteiger partial charge in [-0.15, -0.1) is 0 Å². The summed E-state index contributed by atoms with van der Waals surface area (Å²) in [5, 5.41) is 10.7. The molecule has 0 fully saturated rings. The Labute approximate surface area is 665 Å². The number of allylic oxidation sites excluding steroid dienone is 34. The van der Waals surface area contributed by atoms with Crippen molar-refractivity contribution in [2.24, 2.45) is 0 Å². The van der Waals surface area contributed by atoms with Crippen LogP contribution in [0.5, 0.6) is 0 Å². The molecule has 0 aromatic rings. The molecule has 0 saturated heterocycles. The van der Waals surface area contributed by atoms with Gasteiger partial charge in [-0.05, 0) is 173 Å². The fourth-order valence-corrected chi connectivity index (χ4v) is 11.6. The zero-order chi connectivity index (χ0) is 80.3. The summed E-state index contributed by atoms with van der Waals surface area (Å²) >= 11 is 0. The first-order chi connectivity index (χ1) is 53.7. The molecule has 5 atom stereocenters. The van der Waals surface area contributed by atoms with Gasteiger partial charge in [-0.3, -0.25) is 37.3 Å². The molecule has 19 heteroatoms. The van der Waals surface area contributed by atoms with E-state index in [-0.39, 0.29) is 25.7 Å². The Morgan fingerprint density at radius 2 is 0.491 bits per heavy atom. The zero-order valence-electron chi connectivity index (χ0n) is 67.8. The highest BCUT2D eigenvalue weighted by Gasteiger charge is 2.30. The van der Waals surface area contributed by atoms with Crippen molar-refractivity contribution in [3.05, 3.63) is 207 Å². The number of esters is 4. The van der Waals surface area contributed by atoms with Gasteiger partial charge in [0.05, 0.1) is 26.4 Å². The third-order valence-corrected chi connectivity index (χ3v) is 18.1. The van der Waals surface area contributed by atoms with Gasteiger partial charge in [-0.25, -0.2) is 9.13 Å². The van der Waals surface area contributed by atoms with Crippen molar-refractivity contribution in [2.75, 3.05) is 39.6 Å². The van der Waals surface area contributed by atoms with Gasteiger partial charge in [0.1, 0.15) is 19.3 Å². The van der Waals surface area contributed by atoms with Gasteiger partial charge in [0, 0.05) is 25.7 Å². The zero-order valence-corrected chi connectivity index (χ0v) is 69.6. The van der Waals surface area contributed by atoms with Crippen LogP contribution in [0.2, 0.25) is 0 Å². The van der Waals surface area contributed by atoms with Crippen LogP contribution in [0.3, 0.4) is 0 Å². The van der Waals surface area contributed by atoms with Crippen LogP contribution < -0.4 is 0 Å². The maximum Gasteiger partial charge on any atom is 0.472 e. The maximum atomic E-state index is 13.1. The number of phosphoric acid groups is 2. The number of hydrogen-bond donors (Lipinski definition) is 3. The summed E-state index contributed by atoms with van der Waals surface area (Å²) in [5.41, 5.74) is 0. The summed E-state index contributed by atoms with van der Waals surface area (Å²) in [6, 6.07) is 0. The van der Waals surface area contributed by atoms with Gasteiger partial charge >= 0.3 is 39.5 Å². The molecule has 0 heterocycles. The molecule has 0 saturated carbocycles. The molecule has 3 N–H and O–H groups in total. The lowest BCUT2D eigenvalue weighted by Crippen LogP contribution is -2.30. The van der Waals surface area contributed by atoms with E-state index in [2.05, 4.69) is 198 Å². The number of phosphoric ester groups is 2. The van der Waals surface area contributed by atoms with E-state index in [0.29, 0.717) is 38.5 Å². The Balaban J connectivity index is 5.56. The predicted octanol–water partition coefficient (Wildman–Crippen LogP) is 24.7. The molecule has 0 radical (unpaired) electrons. The molecule has 110 heavy (non-hydrogen) atoms. The van der Waals surface area contributed by atoms with Crippen molar-refractivity contribution >= 4 is 39.5 Å². The molecule has 2 unspecified atom stereocenters. The Morgan fingerprint density at radius 3 is 0.800 bits per heavy atom. The SMILES string of the molecule is CC/C=C\C/C=C\C/C=C\C/C=C\C/C=C\C/C=C\CCC(=O)OC[C@H](COP(=O)(O)OC[C@@H](O)COP(=O)(O)OC[C@@H](COC(=O)CC/C=C\C/C=C\C/C=C\C/C=C\C/C=C\CCCCC)OC(=O)CCCCCCC/C=C\CCCCCC)OC(=O)CCCCC/C=C\C/C=C\C/C=C\C/C=C\C/C=C\CC. The number of aliphatic hydroxyl groups excluding tert-OH is 1. The molecule has 0 aromatic heterocycles. The predicted molar refractivity (Wildman–Crippen MR) is 454 cm³/mol. The van der Waals surface area contributed by atoms with Crippen molar-refractivity contribution in [1.82, 2.24) is 0 Å². The van der Waals surface area contributed by atoms with E-state index in [4.69, 9.17) is 37.0 Å². The smallest absolute Gasteiger partial charge is 0.462 e. The van der Waals surface area contributed by atoms with Crippen molar-refractivity contribution in [1.29, 1.82) is 0 Å². The topological polar surface area (TPSA) is 237 Å². The number of ether oxygens (including phenoxy) is 4. The number of unbranched alkanes of at least 4 members (excludes halogenated alkanes) is 15. The largest absolute Gasteiger partial charge is 0.472 e. The molecule has 620 valence electrons. The summed E-state index contributed by atoms with van der Waals surface area (Å²) in [7, 11) is -10.0. The lowest BCUT2D eigenvalue weighted by Gasteiger charge is -2.21. The second kappa shape index (κ2) is 80.7. The minimum Gasteiger partial charge on any atom is -0.462 e. The van der Waals surface area contributed by atoms with Crippen LogP contribution in [-0.4, -0.2) is 96.7 Å².